The van der Waals surface area contributed by atoms with E-state index < -0.39 is 0 Å². The average molecular weight is 297 g/mol. The van der Waals surface area contributed by atoms with Crippen molar-refractivity contribution in [2.45, 2.75) is 6.42 Å². The van der Waals surface area contributed by atoms with Crippen molar-refractivity contribution in [1.82, 2.24) is 9.55 Å². The Balaban J connectivity index is 2.24. The molecule has 0 saturated heterocycles. The molecule has 1 aromatic carbocycles. The summed E-state index contributed by atoms with van der Waals surface area (Å²) in [6.07, 6.45) is 3.22. The highest BCUT2D eigenvalue weighted by Crippen LogP contribution is 2.19. The lowest BCUT2D eigenvalue weighted by molar-refractivity contribution is 0.0985. The molecule has 88 valence electrons. The molecule has 0 radical (unpaired) electrons. The van der Waals surface area contributed by atoms with E-state index in [0.29, 0.717) is 11.3 Å². The van der Waals surface area contributed by atoms with Crippen LogP contribution in [0.3, 0.4) is 0 Å². The number of carbonyl (C=O) groups excluding carboxylic acids is 1. The van der Waals surface area contributed by atoms with E-state index in [1.807, 2.05) is 0 Å². The van der Waals surface area contributed by atoms with Crippen LogP contribution >= 0.6 is 15.9 Å². The quantitative estimate of drug-likeness (QED) is 0.817. The van der Waals surface area contributed by atoms with Crippen LogP contribution < -0.4 is 0 Å². The van der Waals surface area contributed by atoms with E-state index >= 15 is 0 Å². The third-order valence-corrected chi connectivity index (χ3v) is 3.23. The molecular formula is C12H10BrFN2O. The molecule has 5 heteroatoms. The van der Waals surface area contributed by atoms with Gasteiger partial charge in [0.15, 0.2) is 5.78 Å². The lowest BCUT2D eigenvalue weighted by atomic mass is 10.1. The standard InChI is InChI=1S/C12H10BrFN2O/c1-16-7-15-6-11(16)12(17)5-8-4-9(14)2-3-10(8)13/h2-4,6-7H,5H2,1H3. The molecule has 1 aromatic heterocycles. The maximum absolute atomic E-state index is 13.1. The van der Waals surface area contributed by atoms with Crippen LogP contribution in [0.4, 0.5) is 4.39 Å². The van der Waals surface area contributed by atoms with Crippen molar-refractivity contribution in [1.29, 1.82) is 0 Å². The number of carbonyl (C=O) groups is 1. The third-order valence-electron chi connectivity index (χ3n) is 2.46. The van der Waals surface area contributed by atoms with Crippen LogP contribution in [-0.4, -0.2) is 15.3 Å². The molecule has 0 aliphatic carbocycles. The van der Waals surface area contributed by atoms with Gasteiger partial charge in [0.25, 0.3) is 0 Å². The molecule has 0 saturated carbocycles. The SMILES string of the molecule is Cn1cncc1C(=O)Cc1cc(F)ccc1Br. The minimum atomic E-state index is -0.346. The van der Waals surface area contributed by atoms with Crippen molar-refractivity contribution in [2.24, 2.45) is 7.05 Å². The summed E-state index contributed by atoms with van der Waals surface area (Å²) in [5.74, 6) is -0.433. The highest BCUT2D eigenvalue weighted by Gasteiger charge is 2.13. The minimum Gasteiger partial charge on any atom is -0.331 e. The Morgan fingerprint density at radius 3 is 2.94 bits per heavy atom. The van der Waals surface area contributed by atoms with E-state index in [2.05, 4.69) is 20.9 Å². The minimum absolute atomic E-state index is 0.0868. The summed E-state index contributed by atoms with van der Waals surface area (Å²) in [5.41, 5.74) is 1.15. The summed E-state index contributed by atoms with van der Waals surface area (Å²) < 4.78 is 15.4. The second-order valence-corrected chi connectivity index (χ2v) is 4.58. The number of aryl methyl sites for hydroxylation is 1. The zero-order valence-electron chi connectivity index (χ0n) is 9.15. The Labute approximate surface area is 106 Å². The Morgan fingerprint density at radius 1 is 1.53 bits per heavy atom. The number of nitrogens with zero attached hydrogens (tertiary/aromatic N) is 2. The first-order valence-electron chi connectivity index (χ1n) is 5.01. The van der Waals surface area contributed by atoms with E-state index in [1.165, 1.54) is 18.3 Å². The highest BCUT2D eigenvalue weighted by atomic mass is 79.9. The van der Waals surface area contributed by atoms with Crippen molar-refractivity contribution >= 4 is 21.7 Å². The van der Waals surface area contributed by atoms with Crippen LogP contribution in [-0.2, 0) is 13.5 Å². The Morgan fingerprint density at radius 2 is 2.29 bits per heavy atom. The van der Waals surface area contributed by atoms with Gasteiger partial charge in [0.05, 0.1) is 12.5 Å². The molecular weight excluding hydrogens is 287 g/mol. The van der Waals surface area contributed by atoms with Crippen LogP contribution in [0.2, 0.25) is 0 Å². The molecule has 0 N–H and O–H groups in total. The molecule has 0 amide bonds. The highest BCUT2D eigenvalue weighted by molar-refractivity contribution is 9.10. The number of halogens is 2. The number of benzene rings is 1. The fourth-order valence-corrected chi connectivity index (χ4v) is 1.96. The summed E-state index contributed by atoms with van der Waals surface area (Å²) in [7, 11) is 1.75. The molecule has 0 spiro atoms. The van der Waals surface area contributed by atoms with Gasteiger partial charge >= 0.3 is 0 Å². The van der Waals surface area contributed by atoms with Gasteiger partial charge in [0.2, 0.25) is 0 Å². The molecule has 0 atom stereocenters. The lowest BCUT2D eigenvalue weighted by Gasteiger charge is -2.04. The number of aromatic nitrogens is 2. The largest absolute Gasteiger partial charge is 0.331 e. The van der Waals surface area contributed by atoms with Gasteiger partial charge in [-0.15, -0.1) is 0 Å². The molecule has 3 nitrogen and oxygen atoms in total. The lowest BCUT2D eigenvalue weighted by Crippen LogP contribution is -2.09. The summed E-state index contributed by atoms with van der Waals surface area (Å²) in [4.78, 5) is 15.8. The molecule has 1 heterocycles. The van der Waals surface area contributed by atoms with Gasteiger partial charge < -0.3 is 4.57 Å². The molecule has 2 rings (SSSR count). The second kappa shape index (κ2) is 4.79. The number of rotatable bonds is 3. The van der Waals surface area contributed by atoms with Crippen molar-refractivity contribution in [3.05, 3.63) is 52.3 Å². The average Bonchev–Trinajstić information content (AvgIpc) is 2.70. The Kier molecular flexibility index (Phi) is 3.38. The van der Waals surface area contributed by atoms with Gasteiger partial charge in [0, 0.05) is 17.9 Å². The predicted octanol–water partition coefficient (Wildman–Crippen LogP) is 2.75. The van der Waals surface area contributed by atoms with E-state index in [-0.39, 0.29) is 18.0 Å². The van der Waals surface area contributed by atoms with Gasteiger partial charge in [-0.1, -0.05) is 15.9 Å². The molecule has 17 heavy (non-hydrogen) atoms. The summed E-state index contributed by atoms with van der Waals surface area (Å²) in [6.45, 7) is 0. The first kappa shape index (κ1) is 12.0. The van der Waals surface area contributed by atoms with Gasteiger partial charge in [-0.2, -0.15) is 0 Å². The summed E-state index contributed by atoms with van der Waals surface area (Å²) in [6, 6.07) is 4.31. The number of ketones is 1. The fraction of sp³-hybridized carbons (Fsp3) is 0.167. The maximum Gasteiger partial charge on any atom is 0.185 e. The Bertz CT molecular complexity index is 565. The summed E-state index contributed by atoms with van der Waals surface area (Å²) in [5, 5.41) is 0. The van der Waals surface area contributed by atoms with Crippen LogP contribution in [0.15, 0.2) is 35.2 Å². The van der Waals surface area contributed by atoms with Gasteiger partial charge in [-0.25, -0.2) is 9.37 Å². The maximum atomic E-state index is 13.1. The van der Waals surface area contributed by atoms with Crippen LogP contribution in [0.1, 0.15) is 16.1 Å². The van der Waals surface area contributed by atoms with Gasteiger partial charge in [-0.3, -0.25) is 4.79 Å². The molecule has 0 fully saturated rings. The number of Topliss-reactive ketones (excluding diaryl/α,β-unsaturated/α-hetero) is 1. The monoisotopic (exact) mass is 296 g/mol. The normalized spacial score (nSPS) is 10.5. The molecule has 0 aliphatic rings. The zero-order chi connectivity index (χ0) is 12.4. The van der Waals surface area contributed by atoms with Gasteiger partial charge in [-0.05, 0) is 23.8 Å². The first-order chi connectivity index (χ1) is 8.08. The van der Waals surface area contributed by atoms with E-state index in [1.54, 1.807) is 24.0 Å². The predicted molar refractivity (Wildman–Crippen MR) is 65.3 cm³/mol. The number of imidazole rings is 1. The molecule has 0 aliphatic heterocycles. The fourth-order valence-electron chi connectivity index (χ4n) is 1.57. The molecule has 2 aromatic rings. The van der Waals surface area contributed by atoms with Crippen LogP contribution in [0.5, 0.6) is 0 Å². The van der Waals surface area contributed by atoms with Crippen LogP contribution in [0, 0.1) is 5.82 Å². The molecule has 0 unspecified atom stereocenters. The van der Waals surface area contributed by atoms with Crippen LogP contribution in [0.25, 0.3) is 0 Å². The van der Waals surface area contributed by atoms with Gasteiger partial charge in [0.1, 0.15) is 11.5 Å². The number of hydrogen-bond donors (Lipinski definition) is 0. The summed E-state index contributed by atoms with van der Waals surface area (Å²) >= 11 is 3.30. The van der Waals surface area contributed by atoms with Crippen molar-refractivity contribution in [3.63, 3.8) is 0 Å². The third kappa shape index (κ3) is 2.61. The van der Waals surface area contributed by atoms with E-state index in [9.17, 15) is 9.18 Å². The first-order valence-corrected chi connectivity index (χ1v) is 5.80. The smallest absolute Gasteiger partial charge is 0.185 e. The molecule has 0 bridgehead atoms. The zero-order valence-corrected chi connectivity index (χ0v) is 10.7. The van der Waals surface area contributed by atoms with E-state index in [0.717, 1.165) is 4.47 Å². The van der Waals surface area contributed by atoms with E-state index in [4.69, 9.17) is 0 Å². The second-order valence-electron chi connectivity index (χ2n) is 3.73. The number of hydrogen-bond acceptors (Lipinski definition) is 2. The topological polar surface area (TPSA) is 34.9 Å². The van der Waals surface area contributed by atoms with Crippen molar-refractivity contribution < 1.29 is 9.18 Å². The van der Waals surface area contributed by atoms with Crippen molar-refractivity contribution in [3.8, 4) is 0 Å². The Hall–Kier alpha value is -1.49. The van der Waals surface area contributed by atoms with Crippen molar-refractivity contribution in [2.75, 3.05) is 0 Å².